The molecule has 1 heterocycles. The minimum Gasteiger partial charge on any atom is -0.490 e. The molecule has 3 nitrogen and oxygen atoms in total. The number of para-hydroxylation sites is 1. The van der Waals surface area contributed by atoms with Gasteiger partial charge in [-0.3, -0.25) is 4.79 Å². The van der Waals surface area contributed by atoms with Crippen LogP contribution in [0, 0.1) is 0 Å². The predicted molar refractivity (Wildman–Crippen MR) is 42.3 cm³/mol. The number of hydrogen-bond acceptors (Lipinski definition) is 3. The highest BCUT2D eigenvalue weighted by Gasteiger charge is 2.25. The number of Topliss-reactive ketones (excluding diaryl/α,β-unsaturated/α-hetero) is 1. The van der Waals surface area contributed by atoms with Crippen LogP contribution in [0.25, 0.3) is 0 Å². The Kier molecular flexibility index (Phi) is 1.59. The molecule has 0 fully saturated rings. The van der Waals surface area contributed by atoms with Crippen LogP contribution in [0.4, 0.5) is 0 Å². The Balaban J connectivity index is 2.49. The molecule has 0 spiro atoms. The number of carbonyl (C=O) groups is 1. The number of ketones is 1. The van der Waals surface area contributed by atoms with E-state index in [0.29, 0.717) is 11.3 Å². The summed E-state index contributed by atoms with van der Waals surface area (Å²) < 4.78 is 5.14. The molecule has 1 aliphatic heterocycles. The van der Waals surface area contributed by atoms with Crippen LogP contribution in [0.5, 0.6) is 5.75 Å². The minimum atomic E-state index is -1.00. The smallest absolute Gasteiger partial charge is 0.198 e. The fourth-order valence-corrected chi connectivity index (χ4v) is 1.22. The van der Waals surface area contributed by atoms with E-state index in [-0.39, 0.29) is 12.4 Å². The first-order valence-corrected chi connectivity index (χ1v) is 3.73. The molecule has 0 bridgehead atoms. The summed E-state index contributed by atoms with van der Waals surface area (Å²) in [6.45, 7) is 0.0653. The first kappa shape index (κ1) is 7.31. The van der Waals surface area contributed by atoms with E-state index in [1.807, 2.05) is 0 Å². The van der Waals surface area contributed by atoms with Gasteiger partial charge >= 0.3 is 0 Å². The highest BCUT2D eigenvalue weighted by atomic mass is 16.5. The Labute approximate surface area is 69.6 Å². The van der Waals surface area contributed by atoms with Crippen molar-refractivity contribution < 1.29 is 14.6 Å². The average Bonchev–Trinajstić information content (AvgIpc) is 2.12. The summed E-state index contributed by atoms with van der Waals surface area (Å²) in [5.74, 6) is 0.310. The van der Waals surface area contributed by atoms with Gasteiger partial charge in [0, 0.05) is 0 Å². The van der Waals surface area contributed by atoms with Crippen LogP contribution in [0.1, 0.15) is 10.4 Å². The summed E-state index contributed by atoms with van der Waals surface area (Å²) >= 11 is 0. The number of carbonyl (C=O) groups excluding carboxylic acids is 1. The van der Waals surface area contributed by atoms with Crippen molar-refractivity contribution in [2.24, 2.45) is 0 Å². The summed E-state index contributed by atoms with van der Waals surface area (Å²) in [5.41, 5.74) is 0.469. The molecule has 0 aromatic heterocycles. The molecule has 1 aromatic rings. The molecule has 1 atom stereocenters. The number of hydrogen-bond donors (Lipinski definition) is 1. The van der Waals surface area contributed by atoms with E-state index >= 15 is 0 Å². The number of rotatable bonds is 0. The lowest BCUT2D eigenvalue weighted by atomic mass is 10.0. The maximum Gasteiger partial charge on any atom is 0.198 e. The van der Waals surface area contributed by atoms with Gasteiger partial charge in [-0.2, -0.15) is 0 Å². The van der Waals surface area contributed by atoms with E-state index in [1.165, 1.54) is 0 Å². The van der Waals surface area contributed by atoms with E-state index < -0.39 is 6.10 Å². The van der Waals surface area contributed by atoms with Gasteiger partial charge in [-0.1, -0.05) is 12.1 Å². The van der Waals surface area contributed by atoms with Crippen molar-refractivity contribution in [2.75, 3.05) is 6.61 Å². The number of aliphatic hydroxyl groups is 1. The van der Waals surface area contributed by atoms with Gasteiger partial charge in [0.25, 0.3) is 0 Å². The fraction of sp³-hybridized carbons (Fsp3) is 0.222. The quantitative estimate of drug-likeness (QED) is 0.611. The van der Waals surface area contributed by atoms with Gasteiger partial charge in [-0.25, -0.2) is 0 Å². The molecule has 2 rings (SSSR count). The van der Waals surface area contributed by atoms with Crippen molar-refractivity contribution in [1.29, 1.82) is 0 Å². The second-order valence-electron chi connectivity index (χ2n) is 2.69. The van der Waals surface area contributed by atoms with E-state index in [4.69, 9.17) is 9.84 Å². The summed E-state index contributed by atoms with van der Waals surface area (Å²) in [5, 5.41) is 9.15. The standard InChI is InChI=1S/C9H8O3/c10-7-5-12-8-4-2-1-3-6(8)9(7)11/h1-4,7,10H,5H2. The second kappa shape index (κ2) is 2.60. The van der Waals surface area contributed by atoms with E-state index in [0.717, 1.165) is 0 Å². The molecule has 0 saturated carbocycles. The van der Waals surface area contributed by atoms with Crippen molar-refractivity contribution in [3.05, 3.63) is 29.8 Å². The lowest BCUT2D eigenvalue weighted by Crippen LogP contribution is -2.32. The van der Waals surface area contributed by atoms with Crippen LogP contribution < -0.4 is 4.74 Å². The molecule has 0 aliphatic carbocycles. The third kappa shape index (κ3) is 0.987. The highest BCUT2D eigenvalue weighted by molar-refractivity contribution is 6.02. The monoisotopic (exact) mass is 164 g/mol. The molecule has 12 heavy (non-hydrogen) atoms. The zero-order valence-electron chi connectivity index (χ0n) is 6.36. The van der Waals surface area contributed by atoms with Crippen molar-refractivity contribution in [3.8, 4) is 5.75 Å². The fourth-order valence-electron chi connectivity index (χ4n) is 1.22. The zero-order valence-corrected chi connectivity index (χ0v) is 6.36. The normalized spacial score (nSPS) is 21.4. The maximum atomic E-state index is 11.3. The first-order valence-electron chi connectivity index (χ1n) is 3.73. The average molecular weight is 164 g/mol. The zero-order chi connectivity index (χ0) is 8.55. The largest absolute Gasteiger partial charge is 0.490 e. The van der Waals surface area contributed by atoms with Crippen molar-refractivity contribution in [3.63, 3.8) is 0 Å². The SMILES string of the molecule is O=C1c2ccccc2OCC1O. The summed E-state index contributed by atoms with van der Waals surface area (Å²) in [6.07, 6.45) is -1.00. The van der Waals surface area contributed by atoms with E-state index in [9.17, 15) is 4.79 Å². The Hall–Kier alpha value is -1.35. The molecule has 0 radical (unpaired) electrons. The number of fused-ring (bicyclic) bond motifs is 1. The van der Waals surface area contributed by atoms with Crippen LogP contribution in [-0.2, 0) is 0 Å². The summed E-state index contributed by atoms with van der Waals surface area (Å²) in [6, 6.07) is 6.92. The van der Waals surface area contributed by atoms with Crippen molar-refractivity contribution in [2.45, 2.75) is 6.10 Å². The van der Waals surface area contributed by atoms with Gasteiger partial charge in [0.05, 0.1) is 5.56 Å². The van der Waals surface area contributed by atoms with Gasteiger partial charge in [-0.15, -0.1) is 0 Å². The van der Waals surface area contributed by atoms with Gasteiger partial charge < -0.3 is 9.84 Å². The van der Waals surface area contributed by atoms with Gasteiger partial charge in [0.1, 0.15) is 12.4 Å². The number of aliphatic hydroxyl groups excluding tert-OH is 1. The summed E-state index contributed by atoms with van der Waals surface area (Å²) in [7, 11) is 0. The molecule has 0 amide bonds. The number of benzene rings is 1. The van der Waals surface area contributed by atoms with Crippen LogP contribution in [-0.4, -0.2) is 23.6 Å². The third-order valence-electron chi connectivity index (χ3n) is 1.85. The second-order valence-corrected chi connectivity index (χ2v) is 2.69. The summed E-state index contributed by atoms with van der Waals surface area (Å²) in [4.78, 5) is 11.3. The van der Waals surface area contributed by atoms with Crippen LogP contribution >= 0.6 is 0 Å². The molecular formula is C9H8O3. The Morgan fingerprint density at radius 1 is 1.42 bits per heavy atom. The third-order valence-corrected chi connectivity index (χ3v) is 1.85. The van der Waals surface area contributed by atoms with E-state index in [2.05, 4.69) is 0 Å². The maximum absolute atomic E-state index is 11.3. The molecule has 0 saturated heterocycles. The lowest BCUT2D eigenvalue weighted by molar-refractivity contribution is 0.0558. The molecular weight excluding hydrogens is 156 g/mol. The van der Waals surface area contributed by atoms with Gasteiger partial charge in [0.2, 0.25) is 0 Å². The molecule has 3 heteroatoms. The molecule has 1 unspecified atom stereocenters. The highest BCUT2D eigenvalue weighted by Crippen LogP contribution is 2.23. The predicted octanol–water partition coefficient (Wildman–Crippen LogP) is 0.623. The Morgan fingerprint density at radius 3 is 3.00 bits per heavy atom. The van der Waals surface area contributed by atoms with Crippen LogP contribution in [0.15, 0.2) is 24.3 Å². The van der Waals surface area contributed by atoms with Crippen molar-refractivity contribution >= 4 is 5.78 Å². The molecule has 1 aliphatic rings. The molecule has 1 aromatic carbocycles. The molecule has 62 valence electrons. The van der Waals surface area contributed by atoms with Crippen LogP contribution in [0.2, 0.25) is 0 Å². The Bertz CT molecular complexity index is 319. The van der Waals surface area contributed by atoms with Gasteiger partial charge in [0.15, 0.2) is 11.9 Å². The lowest BCUT2D eigenvalue weighted by Gasteiger charge is -2.19. The molecule has 1 N–H and O–H groups in total. The first-order chi connectivity index (χ1) is 5.79. The Morgan fingerprint density at radius 2 is 2.17 bits per heavy atom. The number of ether oxygens (including phenoxy) is 1. The van der Waals surface area contributed by atoms with Crippen LogP contribution in [0.3, 0.4) is 0 Å². The van der Waals surface area contributed by atoms with Gasteiger partial charge in [-0.05, 0) is 12.1 Å². The topological polar surface area (TPSA) is 46.5 Å². The van der Waals surface area contributed by atoms with E-state index in [1.54, 1.807) is 24.3 Å². The minimum absolute atomic E-state index is 0.0653. The van der Waals surface area contributed by atoms with Crippen molar-refractivity contribution in [1.82, 2.24) is 0 Å².